The highest BCUT2D eigenvalue weighted by Crippen LogP contribution is 2.22. The van der Waals surface area contributed by atoms with Crippen LogP contribution in [0, 0.1) is 0 Å². The Bertz CT molecular complexity index is 543. The average Bonchev–Trinajstić information content (AvgIpc) is 3.00. The number of ether oxygens (including phenoxy) is 1. The van der Waals surface area contributed by atoms with Crippen LogP contribution in [0.3, 0.4) is 0 Å². The Kier molecular flexibility index (Phi) is 5.79. The Labute approximate surface area is 139 Å². The number of carbonyl (C=O) groups is 3. The molecule has 1 saturated carbocycles. The van der Waals surface area contributed by atoms with Gasteiger partial charge in [-0.15, -0.1) is 0 Å². The first kappa shape index (κ1) is 18.2. The maximum Gasteiger partial charge on any atom is 0.370 e. The Morgan fingerprint density at radius 2 is 1.92 bits per heavy atom. The maximum absolute atomic E-state index is 12.3. The van der Waals surface area contributed by atoms with Gasteiger partial charge in [-0.05, 0) is 18.9 Å². The van der Waals surface area contributed by atoms with Crippen LogP contribution in [0.15, 0.2) is 11.8 Å². The molecule has 9 nitrogen and oxygen atoms in total. The van der Waals surface area contributed by atoms with Gasteiger partial charge in [0.25, 0.3) is 5.91 Å². The summed E-state index contributed by atoms with van der Waals surface area (Å²) in [4.78, 5) is 34.7. The number of aliphatic carboxylic acids is 1. The highest BCUT2D eigenvalue weighted by atomic mass is 16.5. The third kappa shape index (κ3) is 4.24. The number of nitrogens with one attached hydrogen (secondary N) is 2. The van der Waals surface area contributed by atoms with Gasteiger partial charge in [-0.2, -0.15) is 0 Å². The molecule has 1 fully saturated rings. The van der Waals surface area contributed by atoms with Crippen molar-refractivity contribution in [2.75, 3.05) is 0 Å². The molecule has 0 bridgehead atoms. The number of hydrogen-bond donors (Lipinski definition) is 5. The molecule has 134 valence electrons. The predicted molar refractivity (Wildman–Crippen MR) is 82.6 cm³/mol. The van der Waals surface area contributed by atoms with Crippen LogP contribution in [0.5, 0.6) is 0 Å². The Balaban J connectivity index is 2.14. The molecule has 0 radical (unpaired) electrons. The van der Waals surface area contributed by atoms with E-state index >= 15 is 0 Å². The minimum atomic E-state index is -1.66. The number of nitrogens with two attached hydrogens (primary N) is 1. The van der Waals surface area contributed by atoms with E-state index in [9.17, 15) is 19.5 Å². The van der Waals surface area contributed by atoms with Crippen LogP contribution in [-0.2, 0) is 19.1 Å². The second-order valence-corrected chi connectivity index (χ2v) is 6.16. The standard InChI is InChI=1S/C15H23N3O6/c1-7(19)17-11-9(16)6-10(15(22)23)24-13(11)12(20)14(21)18-8-4-2-3-5-8/h6,8-9,11-13,20H,2-5,16H2,1H3,(H,17,19)(H,18,21)(H,22,23)/t9-,11+,12-,13+/m0/s1. The lowest BCUT2D eigenvalue weighted by atomic mass is 9.94. The van der Waals surface area contributed by atoms with E-state index in [0.29, 0.717) is 0 Å². The summed E-state index contributed by atoms with van der Waals surface area (Å²) in [6.45, 7) is 1.26. The van der Waals surface area contributed by atoms with E-state index in [1.165, 1.54) is 6.92 Å². The Morgan fingerprint density at radius 3 is 2.46 bits per heavy atom. The molecule has 0 aromatic heterocycles. The SMILES string of the molecule is CC(=O)N[C@H]1[C@H]([C@H](O)C(=O)NC2CCCC2)OC(C(=O)O)=C[C@@H]1N. The van der Waals surface area contributed by atoms with Crippen LogP contribution in [-0.4, -0.2) is 58.3 Å². The van der Waals surface area contributed by atoms with Crippen molar-refractivity contribution in [1.29, 1.82) is 0 Å². The van der Waals surface area contributed by atoms with E-state index in [1.54, 1.807) is 0 Å². The van der Waals surface area contributed by atoms with Crippen LogP contribution < -0.4 is 16.4 Å². The molecule has 9 heteroatoms. The van der Waals surface area contributed by atoms with Crippen molar-refractivity contribution in [2.45, 2.75) is 62.9 Å². The summed E-state index contributed by atoms with van der Waals surface area (Å²) >= 11 is 0. The first-order valence-electron chi connectivity index (χ1n) is 7.92. The summed E-state index contributed by atoms with van der Waals surface area (Å²) in [6.07, 6.45) is 1.87. The molecule has 0 saturated heterocycles. The van der Waals surface area contributed by atoms with Crippen molar-refractivity contribution in [2.24, 2.45) is 5.73 Å². The van der Waals surface area contributed by atoms with E-state index in [-0.39, 0.29) is 6.04 Å². The van der Waals surface area contributed by atoms with Gasteiger partial charge in [0.1, 0.15) is 0 Å². The molecular weight excluding hydrogens is 318 g/mol. The van der Waals surface area contributed by atoms with E-state index < -0.39 is 47.8 Å². The molecule has 2 amide bonds. The summed E-state index contributed by atoms with van der Waals surface area (Å²) in [6, 6.07) is -1.85. The van der Waals surface area contributed by atoms with Gasteiger partial charge in [0.05, 0.1) is 12.1 Å². The highest BCUT2D eigenvalue weighted by molar-refractivity contribution is 5.86. The lowest BCUT2D eigenvalue weighted by Gasteiger charge is -2.37. The van der Waals surface area contributed by atoms with Gasteiger partial charge in [0, 0.05) is 13.0 Å². The zero-order valence-electron chi connectivity index (χ0n) is 13.4. The molecule has 0 aromatic rings. The molecule has 1 heterocycles. The Morgan fingerprint density at radius 1 is 1.29 bits per heavy atom. The van der Waals surface area contributed by atoms with E-state index in [1.807, 2.05) is 0 Å². The topological polar surface area (TPSA) is 151 Å². The number of carbonyl (C=O) groups excluding carboxylic acids is 2. The first-order valence-corrected chi connectivity index (χ1v) is 7.92. The number of amides is 2. The smallest absolute Gasteiger partial charge is 0.370 e. The third-order valence-corrected chi connectivity index (χ3v) is 4.24. The average molecular weight is 341 g/mol. The number of aliphatic hydroxyl groups is 1. The fourth-order valence-corrected chi connectivity index (χ4v) is 3.06. The van der Waals surface area contributed by atoms with Crippen molar-refractivity contribution in [1.82, 2.24) is 10.6 Å². The van der Waals surface area contributed by atoms with Gasteiger partial charge in [-0.3, -0.25) is 9.59 Å². The quantitative estimate of drug-likeness (QED) is 0.413. The fourth-order valence-electron chi connectivity index (χ4n) is 3.06. The number of aliphatic hydroxyl groups excluding tert-OH is 1. The number of carboxylic acids is 1. The molecule has 1 aliphatic heterocycles. The van der Waals surface area contributed by atoms with Crippen LogP contribution in [0.1, 0.15) is 32.6 Å². The van der Waals surface area contributed by atoms with Crippen molar-refractivity contribution >= 4 is 17.8 Å². The minimum Gasteiger partial charge on any atom is -0.478 e. The Hall–Kier alpha value is -2.13. The lowest BCUT2D eigenvalue weighted by molar-refractivity contribution is -0.148. The first-order chi connectivity index (χ1) is 11.3. The number of hydrogen-bond acceptors (Lipinski definition) is 6. The molecule has 0 unspecified atom stereocenters. The maximum atomic E-state index is 12.3. The largest absolute Gasteiger partial charge is 0.478 e. The van der Waals surface area contributed by atoms with Crippen LogP contribution in [0.4, 0.5) is 0 Å². The molecule has 0 spiro atoms. The van der Waals surface area contributed by atoms with Gasteiger partial charge >= 0.3 is 5.97 Å². The molecule has 24 heavy (non-hydrogen) atoms. The molecule has 4 atom stereocenters. The van der Waals surface area contributed by atoms with Crippen LogP contribution >= 0.6 is 0 Å². The highest BCUT2D eigenvalue weighted by Gasteiger charge is 2.43. The molecular formula is C15H23N3O6. The van der Waals surface area contributed by atoms with Gasteiger partial charge < -0.3 is 31.3 Å². The lowest BCUT2D eigenvalue weighted by Crippen LogP contribution is -2.62. The zero-order valence-corrected chi connectivity index (χ0v) is 13.4. The van der Waals surface area contributed by atoms with Gasteiger partial charge in [0.15, 0.2) is 12.2 Å². The predicted octanol–water partition coefficient (Wildman–Crippen LogP) is -1.39. The van der Waals surface area contributed by atoms with Crippen molar-refractivity contribution in [3.63, 3.8) is 0 Å². The monoisotopic (exact) mass is 341 g/mol. The van der Waals surface area contributed by atoms with Gasteiger partial charge in [-0.25, -0.2) is 4.79 Å². The molecule has 2 rings (SSSR count). The van der Waals surface area contributed by atoms with E-state index in [2.05, 4.69) is 10.6 Å². The summed E-state index contributed by atoms with van der Waals surface area (Å²) < 4.78 is 5.24. The van der Waals surface area contributed by atoms with Gasteiger partial charge in [0.2, 0.25) is 11.7 Å². The van der Waals surface area contributed by atoms with Crippen molar-refractivity contribution in [3.05, 3.63) is 11.8 Å². The summed E-state index contributed by atoms with van der Waals surface area (Å²) in [5.41, 5.74) is 5.87. The molecule has 1 aliphatic carbocycles. The summed E-state index contributed by atoms with van der Waals surface area (Å²) in [7, 11) is 0. The summed E-state index contributed by atoms with van der Waals surface area (Å²) in [5, 5.41) is 24.6. The molecule has 2 aliphatic rings. The van der Waals surface area contributed by atoms with Crippen molar-refractivity contribution in [3.8, 4) is 0 Å². The minimum absolute atomic E-state index is 0.0156. The second kappa shape index (κ2) is 7.63. The molecule has 0 aromatic carbocycles. The number of rotatable bonds is 5. The number of carboxylic acid groups (broad SMARTS) is 1. The van der Waals surface area contributed by atoms with Crippen LogP contribution in [0.2, 0.25) is 0 Å². The molecule has 6 N–H and O–H groups in total. The second-order valence-electron chi connectivity index (χ2n) is 6.16. The zero-order chi connectivity index (χ0) is 17.9. The van der Waals surface area contributed by atoms with E-state index in [0.717, 1.165) is 31.8 Å². The third-order valence-electron chi connectivity index (χ3n) is 4.24. The van der Waals surface area contributed by atoms with E-state index in [4.69, 9.17) is 15.6 Å². The van der Waals surface area contributed by atoms with Crippen molar-refractivity contribution < 1.29 is 29.3 Å². The normalized spacial score (nSPS) is 28.5. The fraction of sp³-hybridized carbons (Fsp3) is 0.667. The summed E-state index contributed by atoms with van der Waals surface area (Å²) in [5.74, 6) is -2.91. The van der Waals surface area contributed by atoms with Crippen LogP contribution in [0.25, 0.3) is 0 Å². The van der Waals surface area contributed by atoms with Gasteiger partial charge in [-0.1, -0.05) is 12.8 Å².